The smallest absolute Gasteiger partial charge is 0.247 e. The van der Waals surface area contributed by atoms with Gasteiger partial charge in [0.25, 0.3) is 0 Å². The number of aromatic nitrogens is 1. The van der Waals surface area contributed by atoms with Crippen LogP contribution in [0.5, 0.6) is 0 Å². The minimum absolute atomic E-state index is 0. The molecule has 10 heavy (non-hydrogen) atoms. The van der Waals surface area contributed by atoms with E-state index < -0.39 is 5.97 Å². The van der Waals surface area contributed by atoms with Gasteiger partial charge >= 0.3 is 0 Å². The van der Waals surface area contributed by atoms with E-state index in [1.165, 1.54) is 0 Å². The molecule has 0 bridgehead atoms. The zero-order chi connectivity index (χ0) is 6.85. The van der Waals surface area contributed by atoms with Crippen molar-refractivity contribution in [2.75, 3.05) is 0 Å². The normalized spacial score (nSPS) is 8.50. The van der Waals surface area contributed by atoms with Gasteiger partial charge in [0.2, 0.25) is 5.97 Å². The minimum atomic E-state index is -1.04. The van der Waals surface area contributed by atoms with E-state index in [2.05, 4.69) is 26.3 Å². The average molecular weight is 296 g/mol. The molecule has 0 aliphatic heterocycles. The molecule has 0 spiro atoms. The Bertz CT molecular complexity index is 239. The fraction of sp³-hybridized carbons (Fsp3) is 0. The van der Waals surface area contributed by atoms with E-state index in [0.29, 0.717) is 3.92 Å². The Hall–Kier alpha value is 0.684. The largest absolute Gasteiger partial charge is 0.533 e. The summed E-state index contributed by atoms with van der Waals surface area (Å²) in [5.74, 6) is -1.04. The maximum atomic E-state index is 10.1. The minimum Gasteiger partial charge on any atom is -0.533 e. The second-order valence-corrected chi connectivity index (χ2v) is 3.29. The second kappa shape index (κ2) is 4.54. The third-order valence-electron chi connectivity index (χ3n) is 0.634. The van der Waals surface area contributed by atoms with Crippen LogP contribution in [0.2, 0.25) is 0 Å². The molecule has 0 unspecified atom stereocenters. The van der Waals surface area contributed by atoms with Crippen molar-refractivity contribution in [1.29, 1.82) is 0 Å². The number of hydrogen-bond donors (Lipinski definition) is 1. The first-order chi connectivity index (χ1) is 4.20. The van der Waals surface area contributed by atoms with Crippen molar-refractivity contribution in [2.45, 2.75) is 0 Å². The zero-order valence-electron chi connectivity index (χ0n) is 4.67. The molecule has 0 fully saturated rings. The van der Waals surface area contributed by atoms with E-state index in [-0.39, 0.29) is 38.4 Å². The fourth-order valence-electron chi connectivity index (χ4n) is 0.315. The van der Waals surface area contributed by atoms with Gasteiger partial charge in [-0.05, 0) is 0 Å². The van der Waals surface area contributed by atoms with Gasteiger partial charge in [-0.15, -0.1) is 15.9 Å². The summed E-state index contributed by atoms with van der Waals surface area (Å²) in [4.78, 5) is 13.7. The Morgan fingerprint density at radius 3 is 2.60 bits per heavy atom. The van der Waals surface area contributed by atoms with Crippen LogP contribution in [0.15, 0.2) is 3.92 Å². The summed E-state index contributed by atoms with van der Waals surface area (Å²) in [5, 5.41) is 10.8. The topological polar surface area (TPSA) is 50.2 Å². The average Bonchev–Trinajstić information content (AvgIpc) is 2.14. The summed E-state index contributed by atoms with van der Waals surface area (Å²) in [6.07, 6.45) is 0. The first-order valence-electron chi connectivity index (χ1n) is 1.97. The molecule has 1 aromatic rings. The molecule has 0 amide bonds. The van der Waals surface area contributed by atoms with Gasteiger partial charge in [0, 0.05) is 38.4 Å². The van der Waals surface area contributed by atoms with Crippen LogP contribution in [-0.4, -0.2) is 16.1 Å². The Morgan fingerprint density at radius 2 is 2.40 bits per heavy atom. The van der Waals surface area contributed by atoms with Crippen LogP contribution in [0.4, 0.5) is 0 Å². The van der Waals surface area contributed by atoms with Crippen molar-refractivity contribution < 1.29 is 42.6 Å². The molecule has 51 valence electrons. The number of carboxylic acids is 1. The van der Waals surface area contributed by atoms with Crippen molar-refractivity contribution in [3.63, 3.8) is 0 Å². The summed E-state index contributed by atoms with van der Waals surface area (Å²) < 4.78 is 0.542. The van der Waals surface area contributed by atoms with Crippen LogP contribution >= 0.6 is 27.3 Å². The number of nitrogens with zero attached hydrogens (tertiary/aromatic N) is 1. The van der Waals surface area contributed by atoms with Crippen molar-refractivity contribution in [3.8, 4) is 0 Å². The van der Waals surface area contributed by atoms with Crippen molar-refractivity contribution in [2.24, 2.45) is 0 Å². The molecular weight excluding hydrogens is 295 g/mol. The second-order valence-electron chi connectivity index (χ2n) is 1.22. The maximum absolute atomic E-state index is 10.1. The zero-order valence-corrected chi connectivity index (χ0v) is 9.91. The summed E-state index contributed by atoms with van der Waals surface area (Å²) >= 11 is 4.15. The number of rotatable bonds is 1. The van der Waals surface area contributed by atoms with Crippen LogP contribution in [0.1, 0.15) is 10.5 Å². The quantitative estimate of drug-likeness (QED) is 0.797. The molecule has 1 N–H and O–H groups in total. The van der Waals surface area contributed by atoms with E-state index in [4.69, 9.17) is 5.11 Å². The molecule has 0 saturated carbocycles. The van der Waals surface area contributed by atoms with E-state index in [0.717, 1.165) is 11.3 Å². The molecule has 6 heteroatoms. The molecular formula is C4HBrNO2SY-. The molecule has 1 heterocycles. The van der Waals surface area contributed by atoms with E-state index in [9.17, 15) is 4.79 Å². The summed E-state index contributed by atoms with van der Waals surface area (Å²) in [6.45, 7) is 0. The van der Waals surface area contributed by atoms with Gasteiger partial charge < -0.3 is 14.9 Å². The van der Waals surface area contributed by atoms with Gasteiger partial charge in [-0.25, -0.2) is 0 Å². The predicted octanol–water partition coefficient (Wildman–Crippen LogP) is 1.40. The first kappa shape index (κ1) is 10.7. The van der Waals surface area contributed by atoms with E-state index in [1.54, 1.807) is 0 Å². The Balaban J connectivity index is 0.000000810. The Labute approximate surface area is 94.9 Å². The van der Waals surface area contributed by atoms with E-state index >= 15 is 0 Å². The number of hydrogen-bond acceptors (Lipinski definition) is 3. The van der Waals surface area contributed by atoms with Crippen molar-refractivity contribution >= 4 is 33.2 Å². The summed E-state index contributed by atoms with van der Waals surface area (Å²) in [7, 11) is 0. The van der Waals surface area contributed by atoms with Crippen LogP contribution in [0.25, 0.3) is 0 Å². The molecule has 1 radical (unpaired) electrons. The van der Waals surface area contributed by atoms with E-state index in [1.807, 2.05) is 0 Å². The molecule has 0 saturated heterocycles. The maximum Gasteiger partial charge on any atom is 0.247 e. The number of halogens is 1. The molecule has 0 atom stereocenters. The SMILES string of the molecule is O=C(O)c1[c-]sc(Br)n1.[Y]. The van der Waals surface area contributed by atoms with Crippen LogP contribution in [-0.2, 0) is 32.7 Å². The van der Waals surface area contributed by atoms with Gasteiger partial charge in [-0.2, -0.15) is 0 Å². The van der Waals surface area contributed by atoms with Gasteiger partial charge in [-0.3, -0.25) is 11.3 Å². The third-order valence-corrected chi connectivity index (χ3v) is 1.85. The summed E-state index contributed by atoms with van der Waals surface area (Å²) in [5.41, 5.74) is -0.0353. The van der Waals surface area contributed by atoms with Gasteiger partial charge in [0.05, 0.1) is 3.92 Å². The Morgan fingerprint density at radius 1 is 1.80 bits per heavy atom. The number of carbonyl (C=O) groups is 1. The Kier molecular flexibility index (Phi) is 4.85. The van der Waals surface area contributed by atoms with Crippen molar-refractivity contribution in [1.82, 2.24) is 4.98 Å². The fourth-order valence-corrected chi connectivity index (χ4v) is 1.19. The van der Waals surface area contributed by atoms with Crippen molar-refractivity contribution in [3.05, 3.63) is 15.0 Å². The number of carboxylic acid groups (broad SMARTS) is 1. The van der Waals surface area contributed by atoms with Crippen LogP contribution < -0.4 is 0 Å². The third kappa shape index (κ3) is 2.74. The van der Waals surface area contributed by atoms with Crippen LogP contribution in [0.3, 0.4) is 0 Å². The predicted molar refractivity (Wildman–Crippen MR) is 35.6 cm³/mol. The number of aromatic carboxylic acids is 1. The standard InChI is InChI=1S/C4HBrNO2S.Y/c5-4-6-2(1-9-4)3(7)8;/h(H,7,8);/q-1;. The molecule has 1 rings (SSSR count). The number of thiazole rings is 1. The summed E-state index contributed by atoms with van der Waals surface area (Å²) in [6, 6.07) is 0. The van der Waals surface area contributed by atoms with Gasteiger partial charge in [-0.1, -0.05) is 5.38 Å². The molecule has 0 aliphatic rings. The van der Waals surface area contributed by atoms with Gasteiger partial charge in [0.15, 0.2) is 0 Å². The van der Waals surface area contributed by atoms with Crippen LogP contribution in [0, 0.1) is 5.38 Å². The first-order valence-corrected chi connectivity index (χ1v) is 3.58. The molecule has 0 aromatic carbocycles. The molecule has 0 aliphatic carbocycles. The molecule has 1 aromatic heterocycles. The molecule has 3 nitrogen and oxygen atoms in total. The monoisotopic (exact) mass is 295 g/mol. The van der Waals surface area contributed by atoms with Gasteiger partial charge in [0.1, 0.15) is 0 Å².